The van der Waals surface area contributed by atoms with Crippen LogP contribution in [0.4, 0.5) is 0 Å². The van der Waals surface area contributed by atoms with E-state index >= 15 is 0 Å². The fourth-order valence-corrected chi connectivity index (χ4v) is 3.33. The zero-order valence-corrected chi connectivity index (χ0v) is 15.2. The molecule has 1 unspecified atom stereocenters. The van der Waals surface area contributed by atoms with E-state index in [0.29, 0.717) is 5.15 Å². The Balaban J connectivity index is 1.70. The number of H-pyrrole nitrogens is 1. The zero-order chi connectivity index (χ0) is 17.1. The molecule has 132 valence electrons. The van der Waals surface area contributed by atoms with Crippen molar-refractivity contribution < 1.29 is 5.11 Å². The average molecular weight is 352 g/mol. The summed E-state index contributed by atoms with van der Waals surface area (Å²) < 4.78 is 2.02. The summed E-state index contributed by atoms with van der Waals surface area (Å²) in [6.07, 6.45) is 3.72. The van der Waals surface area contributed by atoms with Crippen molar-refractivity contribution in [1.82, 2.24) is 24.6 Å². The highest BCUT2D eigenvalue weighted by atomic mass is 35.5. The van der Waals surface area contributed by atoms with E-state index in [4.69, 9.17) is 11.6 Å². The summed E-state index contributed by atoms with van der Waals surface area (Å²) in [5.41, 5.74) is 2.88. The summed E-state index contributed by atoms with van der Waals surface area (Å²) in [5.74, 6) is 0.980. The largest absolute Gasteiger partial charge is 0.387 e. The van der Waals surface area contributed by atoms with E-state index in [0.717, 1.165) is 74.8 Å². The van der Waals surface area contributed by atoms with Gasteiger partial charge in [0.25, 0.3) is 0 Å². The zero-order valence-electron chi connectivity index (χ0n) is 14.4. The molecule has 0 radical (unpaired) electrons. The first-order valence-electron chi connectivity index (χ1n) is 8.77. The van der Waals surface area contributed by atoms with Gasteiger partial charge in [-0.1, -0.05) is 24.9 Å². The lowest BCUT2D eigenvalue weighted by atomic mass is 10.2. The molecule has 7 heteroatoms. The first-order chi connectivity index (χ1) is 11.6. The molecule has 0 aliphatic carbocycles. The van der Waals surface area contributed by atoms with E-state index < -0.39 is 6.10 Å². The third-order valence-electron chi connectivity index (χ3n) is 4.47. The Hall–Kier alpha value is -1.37. The Morgan fingerprint density at radius 1 is 1.42 bits per heavy atom. The van der Waals surface area contributed by atoms with Crippen molar-refractivity contribution in [1.29, 1.82) is 0 Å². The lowest BCUT2D eigenvalue weighted by Gasteiger charge is -2.18. The summed E-state index contributed by atoms with van der Waals surface area (Å²) in [7, 11) is 0. The summed E-state index contributed by atoms with van der Waals surface area (Å²) >= 11 is 6.31. The summed E-state index contributed by atoms with van der Waals surface area (Å²) in [6, 6.07) is 2.00. The highest BCUT2D eigenvalue weighted by molar-refractivity contribution is 6.30. The van der Waals surface area contributed by atoms with Crippen LogP contribution in [0.3, 0.4) is 0 Å². The molecule has 3 heterocycles. The second-order valence-corrected chi connectivity index (χ2v) is 6.94. The molecule has 0 fully saturated rings. The summed E-state index contributed by atoms with van der Waals surface area (Å²) in [6.45, 7) is 7.37. The molecule has 24 heavy (non-hydrogen) atoms. The smallest absolute Gasteiger partial charge is 0.151 e. The minimum absolute atomic E-state index is 0.527. The number of hydrogen-bond acceptors (Lipinski definition) is 4. The van der Waals surface area contributed by atoms with Crippen molar-refractivity contribution in [3.8, 4) is 0 Å². The lowest BCUT2D eigenvalue weighted by molar-refractivity contribution is 0.193. The van der Waals surface area contributed by atoms with Gasteiger partial charge >= 0.3 is 0 Å². The van der Waals surface area contributed by atoms with Gasteiger partial charge in [-0.15, -0.1) is 0 Å². The maximum absolute atomic E-state index is 9.73. The molecule has 1 aliphatic heterocycles. The van der Waals surface area contributed by atoms with Crippen molar-refractivity contribution >= 4 is 11.6 Å². The SMILES string of the molecule is CCCCc1nc(Cl)c(CN2CCCn3nc(C(C)O)cc3C2)[nH]1. The van der Waals surface area contributed by atoms with Gasteiger partial charge in [0, 0.05) is 32.6 Å². The summed E-state index contributed by atoms with van der Waals surface area (Å²) in [4.78, 5) is 10.2. The van der Waals surface area contributed by atoms with Crippen LogP contribution in [0.1, 0.15) is 62.1 Å². The number of imidazole rings is 1. The molecule has 6 nitrogen and oxygen atoms in total. The number of nitrogens with one attached hydrogen (secondary N) is 1. The molecule has 1 aliphatic rings. The highest BCUT2D eigenvalue weighted by Gasteiger charge is 2.20. The Kier molecular flexibility index (Phi) is 5.58. The molecule has 0 aromatic carbocycles. The van der Waals surface area contributed by atoms with Gasteiger partial charge in [-0.3, -0.25) is 9.58 Å². The first kappa shape index (κ1) is 17.5. The molecule has 1 atom stereocenters. The molecule has 0 amide bonds. The lowest BCUT2D eigenvalue weighted by Crippen LogP contribution is -2.23. The number of nitrogens with zero attached hydrogens (tertiary/aromatic N) is 4. The van der Waals surface area contributed by atoms with Gasteiger partial charge in [-0.2, -0.15) is 5.10 Å². The Morgan fingerprint density at radius 2 is 2.25 bits per heavy atom. The van der Waals surface area contributed by atoms with Gasteiger partial charge in [-0.25, -0.2) is 4.98 Å². The molecular weight excluding hydrogens is 326 g/mol. The van der Waals surface area contributed by atoms with Crippen molar-refractivity contribution in [2.24, 2.45) is 0 Å². The van der Waals surface area contributed by atoms with Gasteiger partial charge in [0.15, 0.2) is 5.15 Å². The number of fused-ring (bicyclic) bond motifs is 1. The number of aliphatic hydroxyl groups excluding tert-OH is 1. The fraction of sp³-hybridized carbons (Fsp3) is 0.647. The Bertz CT molecular complexity index is 679. The molecule has 2 aromatic rings. The van der Waals surface area contributed by atoms with Crippen molar-refractivity contribution in [3.63, 3.8) is 0 Å². The number of unbranched alkanes of at least 4 members (excludes halogenated alkanes) is 1. The average Bonchev–Trinajstić information content (AvgIpc) is 3.04. The molecule has 2 aromatic heterocycles. The number of aromatic nitrogens is 4. The second-order valence-electron chi connectivity index (χ2n) is 6.58. The third-order valence-corrected chi connectivity index (χ3v) is 4.78. The van der Waals surface area contributed by atoms with E-state index in [1.165, 1.54) is 0 Å². The quantitative estimate of drug-likeness (QED) is 0.839. The second kappa shape index (κ2) is 7.68. The minimum atomic E-state index is -0.527. The van der Waals surface area contributed by atoms with Gasteiger partial charge in [0.05, 0.1) is 23.2 Å². The number of aryl methyl sites for hydroxylation is 2. The number of halogens is 1. The Labute approximate surface area is 147 Å². The van der Waals surface area contributed by atoms with Crippen LogP contribution in [0, 0.1) is 0 Å². The number of rotatable bonds is 6. The van der Waals surface area contributed by atoms with Crippen LogP contribution in [0.2, 0.25) is 5.15 Å². The van der Waals surface area contributed by atoms with Gasteiger partial charge in [-0.05, 0) is 25.8 Å². The Morgan fingerprint density at radius 3 is 3.00 bits per heavy atom. The maximum atomic E-state index is 9.73. The van der Waals surface area contributed by atoms with Crippen LogP contribution in [-0.2, 0) is 26.1 Å². The van der Waals surface area contributed by atoms with Crippen LogP contribution in [0.25, 0.3) is 0 Å². The number of aromatic amines is 1. The number of aliphatic hydroxyl groups is 1. The maximum Gasteiger partial charge on any atom is 0.151 e. The molecule has 0 bridgehead atoms. The van der Waals surface area contributed by atoms with E-state index in [1.807, 2.05) is 10.7 Å². The minimum Gasteiger partial charge on any atom is -0.387 e. The summed E-state index contributed by atoms with van der Waals surface area (Å²) in [5, 5.41) is 14.8. The first-order valence-corrected chi connectivity index (χ1v) is 9.15. The molecular formula is C17H26ClN5O. The standard InChI is InChI=1S/C17H26ClN5O/c1-3-4-6-16-19-15(17(18)20-16)11-22-7-5-8-23-13(10-22)9-14(21-23)12(2)24/h9,12,24H,3-8,10-11H2,1-2H3,(H,19,20). The molecule has 0 spiro atoms. The molecule has 2 N–H and O–H groups in total. The molecule has 3 rings (SSSR count). The third kappa shape index (κ3) is 3.99. The molecule has 0 saturated heterocycles. The van der Waals surface area contributed by atoms with E-state index in [2.05, 4.69) is 26.9 Å². The fourth-order valence-electron chi connectivity index (χ4n) is 3.12. The van der Waals surface area contributed by atoms with Crippen LogP contribution in [0.5, 0.6) is 0 Å². The predicted octanol–water partition coefficient (Wildman–Crippen LogP) is 3.06. The van der Waals surface area contributed by atoms with Crippen LogP contribution < -0.4 is 0 Å². The predicted molar refractivity (Wildman–Crippen MR) is 93.8 cm³/mol. The van der Waals surface area contributed by atoms with Gasteiger partial charge < -0.3 is 10.1 Å². The molecule has 0 saturated carbocycles. The van der Waals surface area contributed by atoms with Gasteiger partial charge in [0.2, 0.25) is 0 Å². The van der Waals surface area contributed by atoms with Crippen LogP contribution >= 0.6 is 11.6 Å². The van der Waals surface area contributed by atoms with Crippen molar-refractivity contribution in [2.75, 3.05) is 6.54 Å². The van der Waals surface area contributed by atoms with Crippen molar-refractivity contribution in [3.05, 3.63) is 34.1 Å². The highest BCUT2D eigenvalue weighted by Crippen LogP contribution is 2.21. The monoisotopic (exact) mass is 351 g/mol. The topological polar surface area (TPSA) is 70.0 Å². The van der Waals surface area contributed by atoms with Crippen molar-refractivity contribution in [2.45, 2.75) is 65.3 Å². The van der Waals surface area contributed by atoms with Gasteiger partial charge in [0.1, 0.15) is 5.82 Å². The van der Waals surface area contributed by atoms with E-state index in [1.54, 1.807) is 6.92 Å². The van der Waals surface area contributed by atoms with Crippen LogP contribution in [-0.4, -0.2) is 36.3 Å². The van der Waals surface area contributed by atoms with E-state index in [-0.39, 0.29) is 0 Å². The number of hydrogen-bond donors (Lipinski definition) is 2. The normalized spacial score (nSPS) is 16.8. The van der Waals surface area contributed by atoms with Crippen LogP contribution in [0.15, 0.2) is 6.07 Å². The van der Waals surface area contributed by atoms with E-state index in [9.17, 15) is 5.11 Å².